The second-order valence-corrected chi connectivity index (χ2v) is 5.15. The Morgan fingerprint density at radius 1 is 1.12 bits per heavy atom. The number of hydrogen-bond acceptors (Lipinski definition) is 3. The molecule has 5 heteroatoms. The molecule has 0 aromatic carbocycles. The highest BCUT2D eigenvalue weighted by atomic mass is 16.4. The van der Waals surface area contributed by atoms with Gasteiger partial charge in [0.1, 0.15) is 5.54 Å². The number of carbonyl (C=O) groups is 2. The van der Waals surface area contributed by atoms with Crippen molar-refractivity contribution in [1.82, 2.24) is 10.6 Å². The van der Waals surface area contributed by atoms with Crippen molar-refractivity contribution in [2.75, 3.05) is 13.1 Å². The lowest BCUT2D eigenvalue weighted by atomic mass is 9.88. The molecule has 0 bridgehead atoms. The Labute approximate surface area is 101 Å². The minimum atomic E-state index is -1.01. The summed E-state index contributed by atoms with van der Waals surface area (Å²) in [5, 5.41) is 15.2. The third-order valence-corrected chi connectivity index (χ3v) is 3.88. The van der Waals surface area contributed by atoms with Crippen LogP contribution in [0.3, 0.4) is 0 Å². The van der Waals surface area contributed by atoms with Crippen LogP contribution in [0.15, 0.2) is 0 Å². The summed E-state index contributed by atoms with van der Waals surface area (Å²) < 4.78 is 0. The molecule has 96 valence electrons. The van der Waals surface area contributed by atoms with E-state index in [1.807, 2.05) is 0 Å². The third kappa shape index (κ3) is 2.60. The SMILES string of the molecule is O=C(NC1(C(=O)O)CCCCCC1)C1CNC1. The highest BCUT2D eigenvalue weighted by Gasteiger charge is 2.41. The van der Waals surface area contributed by atoms with Crippen LogP contribution < -0.4 is 10.6 Å². The smallest absolute Gasteiger partial charge is 0.329 e. The fraction of sp³-hybridized carbons (Fsp3) is 0.833. The second-order valence-electron chi connectivity index (χ2n) is 5.15. The van der Waals surface area contributed by atoms with Gasteiger partial charge in [-0.2, -0.15) is 0 Å². The summed E-state index contributed by atoms with van der Waals surface area (Å²) in [6, 6.07) is 0. The van der Waals surface area contributed by atoms with E-state index < -0.39 is 11.5 Å². The van der Waals surface area contributed by atoms with Crippen LogP contribution in [0, 0.1) is 5.92 Å². The average Bonchev–Trinajstić information content (AvgIpc) is 2.41. The van der Waals surface area contributed by atoms with Gasteiger partial charge in [-0.25, -0.2) is 4.79 Å². The summed E-state index contributed by atoms with van der Waals surface area (Å²) in [5.41, 5.74) is -1.01. The minimum absolute atomic E-state index is 0.0468. The van der Waals surface area contributed by atoms with E-state index in [9.17, 15) is 14.7 Å². The number of nitrogens with one attached hydrogen (secondary N) is 2. The number of amides is 1. The first-order valence-electron chi connectivity index (χ1n) is 6.40. The minimum Gasteiger partial charge on any atom is -0.480 e. The Balaban J connectivity index is 2.04. The van der Waals surface area contributed by atoms with Gasteiger partial charge in [0.05, 0.1) is 5.92 Å². The number of hydrogen-bond donors (Lipinski definition) is 3. The molecule has 1 heterocycles. The molecule has 0 radical (unpaired) electrons. The van der Waals surface area contributed by atoms with Crippen molar-refractivity contribution in [2.24, 2.45) is 5.92 Å². The Bertz CT molecular complexity index is 305. The second kappa shape index (κ2) is 5.04. The van der Waals surface area contributed by atoms with E-state index in [-0.39, 0.29) is 11.8 Å². The molecule has 2 rings (SSSR count). The fourth-order valence-electron chi connectivity index (χ4n) is 2.54. The highest BCUT2D eigenvalue weighted by Crippen LogP contribution is 2.28. The molecule has 1 saturated carbocycles. The molecule has 0 unspecified atom stereocenters. The van der Waals surface area contributed by atoms with Crippen molar-refractivity contribution in [3.05, 3.63) is 0 Å². The summed E-state index contributed by atoms with van der Waals surface area (Å²) in [6.45, 7) is 1.34. The van der Waals surface area contributed by atoms with Gasteiger partial charge in [0.2, 0.25) is 5.91 Å². The van der Waals surface area contributed by atoms with E-state index in [1.165, 1.54) is 0 Å². The zero-order valence-electron chi connectivity index (χ0n) is 10.00. The summed E-state index contributed by atoms with van der Waals surface area (Å²) in [6.07, 6.45) is 5.03. The molecule has 1 saturated heterocycles. The number of rotatable bonds is 3. The van der Waals surface area contributed by atoms with Crippen LogP contribution in [0.5, 0.6) is 0 Å². The largest absolute Gasteiger partial charge is 0.480 e. The van der Waals surface area contributed by atoms with Crippen molar-refractivity contribution in [1.29, 1.82) is 0 Å². The molecule has 3 N–H and O–H groups in total. The van der Waals surface area contributed by atoms with Crippen molar-refractivity contribution in [3.8, 4) is 0 Å². The Hall–Kier alpha value is -1.10. The van der Waals surface area contributed by atoms with Gasteiger partial charge in [0.25, 0.3) is 0 Å². The first-order valence-corrected chi connectivity index (χ1v) is 6.40. The van der Waals surface area contributed by atoms with Crippen LogP contribution in [0.2, 0.25) is 0 Å². The van der Waals surface area contributed by atoms with Crippen molar-refractivity contribution < 1.29 is 14.7 Å². The van der Waals surface area contributed by atoms with E-state index in [1.54, 1.807) is 0 Å². The molecule has 0 aromatic rings. The maximum Gasteiger partial charge on any atom is 0.329 e. The van der Waals surface area contributed by atoms with Crippen LogP contribution in [-0.2, 0) is 9.59 Å². The van der Waals surface area contributed by atoms with Crippen LogP contribution >= 0.6 is 0 Å². The lowest BCUT2D eigenvalue weighted by molar-refractivity contribution is -0.149. The maximum atomic E-state index is 11.9. The molecule has 0 spiro atoms. The normalized spacial score (nSPS) is 24.5. The zero-order chi connectivity index (χ0) is 12.3. The van der Waals surface area contributed by atoms with Crippen LogP contribution in [0.4, 0.5) is 0 Å². The van der Waals surface area contributed by atoms with Crippen molar-refractivity contribution in [3.63, 3.8) is 0 Å². The molecule has 1 aliphatic heterocycles. The van der Waals surface area contributed by atoms with E-state index >= 15 is 0 Å². The van der Waals surface area contributed by atoms with Gasteiger partial charge in [-0.3, -0.25) is 4.79 Å². The monoisotopic (exact) mass is 240 g/mol. The van der Waals surface area contributed by atoms with Gasteiger partial charge in [0.15, 0.2) is 0 Å². The Kier molecular flexibility index (Phi) is 3.66. The summed E-state index contributed by atoms with van der Waals surface area (Å²) in [7, 11) is 0. The molecule has 2 fully saturated rings. The van der Waals surface area contributed by atoms with Crippen molar-refractivity contribution in [2.45, 2.75) is 44.1 Å². The highest BCUT2D eigenvalue weighted by molar-refractivity contribution is 5.88. The van der Waals surface area contributed by atoms with Crippen LogP contribution in [0.1, 0.15) is 38.5 Å². The fourth-order valence-corrected chi connectivity index (χ4v) is 2.54. The predicted molar refractivity (Wildman–Crippen MR) is 62.6 cm³/mol. The van der Waals surface area contributed by atoms with E-state index in [0.717, 1.165) is 25.7 Å². The van der Waals surface area contributed by atoms with E-state index in [4.69, 9.17) is 0 Å². The molecule has 0 aromatic heterocycles. The predicted octanol–water partition coefficient (Wildman–Crippen LogP) is 0.500. The van der Waals surface area contributed by atoms with Gasteiger partial charge in [0, 0.05) is 13.1 Å². The molecular weight excluding hydrogens is 220 g/mol. The van der Waals surface area contributed by atoms with Gasteiger partial charge in [-0.1, -0.05) is 25.7 Å². The molecule has 0 atom stereocenters. The molecule has 17 heavy (non-hydrogen) atoms. The number of carbonyl (C=O) groups excluding carboxylic acids is 1. The molecule has 5 nitrogen and oxygen atoms in total. The molecular formula is C12H20N2O3. The van der Waals surface area contributed by atoms with E-state index in [0.29, 0.717) is 25.9 Å². The Morgan fingerprint density at radius 3 is 2.12 bits per heavy atom. The average molecular weight is 240 g/mol. The number of carboxylic acid groups (broad SMARTS) is 1. The summed E-state index contributed by atoms with van der Waals surface area (Å²) >= 11 is 0. The van der Waals surface area contributed by atoms with Gasteiger partial charge < -0.3 is 15.7 Å². The summed E-state index contributed by atoms with van der Waals surface area (Å²) in [4.78, 5) is 23.4. The van der Waals surface area contributed by atoms with Crippen LogP contribution in [0.25, 0.3) is 0 Å². The van der Waals surface area contributed by atoms with Crippen LogP contribution in [-0.4, -0.2) is 35.6 Å². The molecule has 1 amide bonds. The van der Waals surface area contributed by atoms with Gasteiger partial charge >= 0.3 is 5.97 Å². The lowest BCUT2D eigenvalue weighted by Gasteiger charge is -2.34. The standard InChI is InChI=1S/C12H20N2O3/c15-10(9-7-13-8-9)14-12(11(16)17)5-3-1-2-4-6-12/h9,13H,1-8H2,(H,14,15)(H,16,17). The maximum absolute atomic E-state index is 11.9. The quantitative estimate of drug-likeness (QED) is 0.628. The topological polar surface area (TPSA) is 78.4 Å². The number of carboxylic acids is 1. The number of aliphatic carboxylic acids is 1. The van der Waals surface area contributed by atoms with Gasteiger partial charge in [-0.15, -0.1) is 0 Å². The zero-order valence-corrected chi connectivity index (χ0v) is 10.00. The Morgan fingerprint density at radius 2 is 1.71 bits per heavy atom. The molecule has 2 aliphatic rings. The van der Waals surface area contributed by atoms with Crippen molar-refractivity contribution >= 4 is 11.9 Å². The first kappa shape index (κ1) is 12.4. The first-order chi connectivity index (χ1) is 8.14. The van der Waals surface area contributed by atoms with E-state index in [2.05, 4.69) is 10.6 Å². The molecule has 1 aliphatic carbocycles. The summed E-state index contributed by atoms with van der Waals surface area (Å²) in [5.74, 6) is -1.03. The van der Waals surface area contributed by atoms with Gasteiger partial charge in [-0.05, 0) is 12.8 Å². The third-order valence-electron chi connectivity index (χ3n) is 3.88. The lowest BCUT2D eigenvalue weighted by Crippen LogP contribution is -2.60.